The molecule has 0 spiro atoms. The first kappa shape index (κ1) is 17.2. The Bertz CT molecular complexity index is 675. The maximum Gasteiger partial charge on any atom is 0.269 e. The number of amides is 1. The highest BCUT2D eigenvalue weighted by molar-refractivity contribution is 8.01. The Balaban J connectivity index is 1.80. The minimum absolute atomic E-state index is 0.0345. The highest BCUT2D eigenvalue weighted by atomic mass is 32.2. The summed E-state index contributed by atoms with van der Waals surface area (Å²) in [6.07, 6.45) is 1.04. The largest absolute Gasteiger partial charge is 0.484 e. The number of hydrogen-bond donors (Lipinski definition) is 1. The van der Waals surface area contributed by atoms with Crippen LogP contribution in [-0.4, -0.2) is 33.4 Å². The topological polar surface area (TPSA) is 107 Å². The lowest BCUT2D eigenvalue weighted by atomic mass is 10.3. The number of hydrogen-bond acceptors (Lipinski definition) is 8. The van der Waals surface area contributed by atoms with E-state index in [0.717, 1.165) is 16.5 Å². The number of non-ortho nitro benzene ring substituents is 1. The van der Waals surface area contributed by atoms with Gasteiger partial charge in [0.05, 0.1) is 4.92 Å². The molecule has 0 fully saturated rings. The van der Waals surface area contributed by atoms with Crippen LogP contribution in [0.15, 0.2) is 28.6 Å². The molecule has 0 aliphatic heterocycles. The molecule has 0 saturated heterocycles. The van der Waals surface area contributed by atoms with Crippen LogP contribution in [0, 0.1) is 10.1 Å². The van der Waals surface area contributed by atoms with E-state index in [-0.39, 0.29) is 18.2 Å². The third kappa shape index (κ3) is 5.49. The summed E-state index contributed by atoms with van der Waals surface area (Å²) < 4.78 is 6.07. The zero-order valence-corrected chi connectivity index (χ0v) is 13.9. The molecule has 1 heterocycles. The predicted molar refractivity (Wildman–Crippen MR) is 88.1 cm³/mol. The number of carbonyl (C=O) groups excluding carboxylic acids is 1. The maximum absolute atomic E-state index is 11.8. The lowest BCUT2D eigenvalue weighted by Crippen LogP contribution is -2.20. The van der Waals surface area contributed by atoms with Crippen LogP contribution >= 0.6 is 23.1 Å². The summed E-state index contributed by atoms with van der Waals surface area (Å²) in [6.45, 7) is 1.86. The van der Waals surface area contributed by atoms with Crippen molar-refractivity contribution in [1.29, 1.82) is 0 Å². The van der Waals surface area contributed by atoms with Crippen molar-refractivity contribution in [3.63, 3.8) is 0 Å². The molecule has 2 rings (SSSR count). The first-order valence-corrected chi connectivity index (χ1v) is 8.52. The molecule has 0 saturated carbocycles. The average molecular weight is 354 g/mol. The number of anilines is 1. The van der Waals surface area contributed by atoms with Gasteiger partial charge in [0.25, 0.3) is 11.6 Å². The van der Waals surface area contributed by atoms with Crippen molar-refractivity contribution >= 4 is 39.8 Å². The second-order valence-corrected chi connectivity index (χ2v) is 6.63. The van der Waals surface area contributed by atoms with E-state index in [1.165, 1.54) is 35.6 Å². The van der Waals surface area contributed by atoms with E-state index in [1.54, 1.807) is 11.8 Å². The van der Waals surface area contributed by atoms with E-state index in [1.807, 2.05) is 0 Å². The van der Waals surface area contributed by atoms with Crippen molar-refractivity contribution in [2.45, 2.75) is 17.7 Å². The number of carbonyl (C=O) groups is 1. The molecule has 1 aromatic heterocycles. The molecule has 2 aromatic rings. The fraction of sp³-hybridized carbons (Fsp3) is 0.308. The Morgan fingerprint density at radius 1 is 1.39 bits per heavy atom. The second kappa shape index (κ2) is 8.44. The van der Waals surface area contributed by atoms with Gasteiger partial charge < -0.3 is 4.74 Å². The van der Waals surface area contributed by atoms with E-state index >= 15 is 0 Å². The summed E-state index contributed by atoms with van der Waals surface area (Å²) in [4.78, 5) is 21.8. The van der Waals surface area contributed by atoms with Crippen LogP contribution < -0.4 is 10.1 Å². The van der Waals surface area contributed by atoms with Gasteiger partial charge in [0.1, 0.15) is 5.75 Å². The van der Waals surface area contributed by atoms with Crippen molar-refractivity contribution in [2.24, 2.45) is 0 Å². The molecule has 23 heavy (non-hydrogen) atoms. The first-order valence-electron chi connectivity index (χ1n) is 6.72. The van der Waals surface area contributed by atoms with E-state index in [4.69, 9.17) is 4.74 Å². The molecule has 10 heteroatoms. The van der Waals surface area contributed by atoms with E-state index in [2.05, 4.69) is 22.4 Å². The summed E-state index contributed by atoms with van der Waals surface area (Å²) in [6, 6.07) is 5.51. The van der Waals surface area contributed by atoms with Crippen LogP contribution in [0.1, 0.15) is 13.3 Å². The van der Waals surface area contributed by atoms with Gasteiger partial charge in [0.2, 0.25) is 5.13 Å². The number of nitrogens with zero attached hydrogens (tertiary/aromatic N) is 3. The molecule has 0 atom stereocenters. The molecule has 0 bridgehead atoms. The molecule has 1 N–H and O–H groups in total. The van der Waals surface area contributed by atoms with E-state index in [9.17, 15) is 14.9 Å². The summed E-state index contributed by atoms with van der Waals surface area (Å²) in [5, 5.41) is 21.4. The van der Waals surface area contributed by atoms with Gasteiger partial charge in [-0.2, -0.15) is 0 Å². The molecule has 0 aliphatic carbocycles. The molecular formula is C13H14N4O4S2. The fourth-order valence-electron chi connectivity index (χ4n) is 1.48. The maximum atomic E-state index is 11.8. The highest BCUT2D eigenvalue weighted by Crippen LogP contribution is 2.25. The van der Waals surface area contributed by atoms with Gasteiger partial charge in [-0.25, -0.2) is 0 Å². The molecule has 0 unspecified atom stereocenters. The molecule has 0 radical (unpaired) electrons. The number of aromatic nitrogens is 2. The smallest absolute Gasteiger partial charge is 0.269 e. The lowest BCUT2D eigenvalue weighted by molar-refractivity contribution is -0.384. The zero-order valence-electron chi connectivity index (χ0n) is 12.2. The monoisotopic (exact) mass is 354 g/mol. The van der Waals surface area contributed by atoms with Crippen LogP contribution in [0.3, 0.4) is 0 Å². The summed E-state index contributed by atoms with van der Waals surface area (Å²) in [5.41, 5.74) is -0.0345. The molecule has 8 nitrogen and oxygen atoms in total. The van der Waals surface area contributed by atoms with Crippen molar-refractivity contribution in [2.75, 3.05) is 17.7 Å². The molecule has 1 aromatic carbocycles. The number of thioether (sulfide) groups is 1. The summed E-state index contributed by atoms with van der Waals surface area (Å²) >= 11 is 2.90. The fourth-order valence-corrected chi connectivity index (χ4v) is 3.17. The van der Waals surface area contributed by atoms with Crippen molar-refractivity contribution in [1.82, 2.24) is 10.2 Å². The van der Waals surface area contributed by atoms with Gasteiger partial charge in [0.15, 0.2) is 10.9 Å². The quantitative estimate of drug-likeness (QED) is 0.336. The van der Waals surface area contributed by atoms with E-state index < -0.39 is 4.92 Å². The number of benzene rings is 1. The Kier molecular flexibility index (Phi) is 6.29. The van der Waals surface area contributed by atoms with Crippen LogP contribution in [0.2, 0.25) is 0 Å². The highest BCUT2D eigenvalue weighted by Gasteiger charge is 2.10. The lowest BCUT2D eigenvalue weighted by Gasteiger charge is -2.05. The second-order valence-electron chi connectivity index (χ2n) is 4.31. The Morgan fingerprint density at radius 2 is 2.13 bits per heavy atom. The van der Waals surface area contributed by atoms with Crippen molar-refractivity contribution in [3.05, 3.63) is 34.4 Å². The van der Waals surface area contributed by atoms with Gasteiger partial charge in [-0.05, 0) is 18.6 Å². The summed E-state index contributed by atoms with van der Waals surface area (Å²) in [5.74, 6) is 0.958. The van der Waals surface area contributed by atoms with Gasteiger partial charge in [-0.15, -0.1) is 10.2 Å². The normalized spacial score (nSPS) is 10.3. The van der Waals surface area contributed by atoms with Crippen molar-refractivity contribution < 1.29 is 14.5 Å². The molecule has 1 amide bonds. The number of rotatable bonds is 8. The predicted octanol–water partition coefficient (Wildman–Crippen LogP) is 2.97. The van der Waals surface area contributed by atoms with Gasteiger partial charge in [0, 0.05) is 17.9 Å². The van der Waals surface area contributed by atoms with Crippen LogP contribution in [0.5, 0.6) is 5.75 Å². The third-order valence-electron chi connectivity index (χ3n) is 2.50. The van der Waals surface area contributed by atoms with Gasteiger partial charge in [-0.1, -0.05) is 30.0 Å². The minimum Gasteiger partial charge on any atom is -0.484 e. The number of nitrogens with one attached hydrogen (secondary N) is 1. The SMILES string of the molecule is CCCSc1nnc(NC(=O)COc2ccc([N+](=O)[O-])cc2)s1. The number of ether oxygens (including phenoxy) is 1. The molecule has 122 valence electrons. The first-order chi connectivity index (χ1) is 11.1. The van der Waals surface area contributed by atoms with Crippen LogP contribution in [0.4, 0.5) is 10.8 Å². The number of nitro groups is 1. The third-order valence-corrected chi connectivity index (χ3v) is 4.68. The number of nitro benzene ring substituents is 1. The van der Waals surface area contributed by atoms with Crippen LogP contribution in [-0.2, 0) is 4.79 Å². The van der Waals surface area contributed by atoms with E-state index in [0.29, 0.717) is 10.9 Å². The van der Waals surface area contributed by atoms with Crippen LogP contribution in [0.25, 0.3) is 0 Å². The molecule has 0 aliphatic rings. The minimum atomic E-state index is -0.500. The Hall–Kier alpha value is -2.20. The zero-order chi connectivity index (χ0) is 16.7. The summed E-state index contributed by atoms with van der Waals surface area (Å²) in [7, 11) is 0. The van der Waals surface area contributed by atoms with Crippen molar-refractivity contribution in [3.8, 4) is 5.75 Å². The standard InChI is InChI=1S/C13H14N4O4S2/c1-2-7-22-13-16-15-12(23-13)14-11(18)8-21-10-5-3-9(4-6-10)17(19)20/h3-6H,2,7-8H2,1H3,(H,14,15,18). The average Bonchev–Trinajstić information content (AvgIpc) is 2.98. The Morgan fingerprint density at radius 3 is 2.78 bits per heavy atom. The van der Waals surface area contributed by atoms with Gasteiger partial charge in [-0.3, -0.25) is 20.2 Å². The molecular weight excluding hydrogens is 340 g/mol. The van der Waals surface area contributed by atoms with Gasteiger partial charge >= 0.3 is 0 Å². The Labute approximate surface area is 140 Å².